The van der Waals surface area contributed by atoms with Gasteiger partial charge in [0.05, 0.1) is 12.2 Å². The smallest absolute Gasteiger partial charge is 0.322 e. The van der Waals surface area contributed by atoms with E-state index in [1.165, 1.54) is 0 Å². The Morgan fingerprint density at radius 3 is 1.42 bits per heavy atom. The number of carbonyl (C=O) groups excluding carboxylic acids is 13. The van der Waals surface area contributed by atoms with Crippen LogP contribution in [-0.2, 0) is 81.6 Å². The van der Waals surface area contributed by atoms with Crippen molar-refractivity contribution in [2.75, 3.05) is 36.9 Å². The first-order valence-electron chi connectivity index (χ1n) is 37.9. The first-order chi connectivity index (χ1) is 56.0. The molecule has 117 heavy (non-hydrogen) atoms. The molecule has 0 spiro atoms. The number of aromatic amines is 2. The van der Waals surface area contributed by atoms with Crippen LogP contribution in [0.15, 0.2) is 103 Å². The molecule has 2 aliphatic heterocycles. The standard InChI is InChI=1S/C75H98N24O15S3/c76-60(103)71-98-70(113)59(40-13-2-3-14-40)97-67(110)53(31-43-34-87-47-19-8-6-17-45(43)47)91-61(104)48(20-9-25-83-72(77)78)90-68(111)55-35-116-117-36-56(94-62(105)49(21-10-26-84-73(79)80)89-64(107)51(88-57(100)37-115-71)29-38-23-24-39-12-1-4-15-41(39)28-38)69(112)99-75(114)96-50(22-11-27-85-74(81)82)63(106)93-54(32-58(101)102)66(109)92-52(65(108)95-55)30-42-33-86-46-18-7-5-16-44(42)46/h1,4-8,12,15-19,23-24,28,33-34,40,48-56,59,71,86-87H,2-3,9-11,13-14,20-22,25-27,29-32,35-37H2,(H2,76,103)(H,88,100)(H,89,107)(H,90,111)(H,91,104)(H,92,109)(H,93,106)(H,94,105)(H,95,108)(H,97,110)(H,98,113)(H,101,102)(H4,77,78,83)(H4,79,80,84)(H4,81,82,85)(H2,96,99,112,114)/t48-,49-,50-,51-,52-,53-,54-,55-,56-,59-,71-/m0/s1. The van der Waals surface area contributed by atoms with E-state index in [9.17, 15) is 43.5 Å². The number of urea groups is 1. The van der Waals surface area contributed by atoms with Crippen molar-refractivity contribution in [1.82, 2.24) is 89.7 Å². The van der Waals surface area contributed by atoms with Crippen LogP contribution in [0.1, 0.15) is 87.3 Å². The van der Waals surface area contributed by atoms with Crippen LogP contribution in [0.5, 0.6) is 0 Å². The molecule has 1 aliphatic carbocycles. The number of carboxylic acids is 1. The van der Waals surface area contributed by atoms with Gasteiger partial charge in [0, 0.05) is 84.6 Å². The lowest BCUT2D eigenvalue weighted by molar-refractivity contribution is -0.141. The Kier molecular flexibility index (Phi) is 32.9. The van der Waals surface area contributed by atoms with Gasteiger partial charge in [-0.2, -0.15) is 0 Å². The fourth-order valence-electron chi connectivity index (χ4n) is 13.7. The zero-order valence-electron chi connectivity index (χ0n) is 63.6. The van der Waals surface area contributed by atoms with Crippen molar-refractivity contribution in [2.45, 2.75) is 156 Å². The summed E-state index contributed by atoms with van der Waals surface area (Å²) < 4.78 is 0. The molecule has 2 saturated heterocycles. The number of benzene rings is 4. The zero-order valence-corrected chi connectivity index (χ0v) is 66.0. The van der Waals surface area contributed by atoms with Gasteiger partial charge < -0.3 is 112 Å². The van der Waals surface area contributed by atoms with Crippen molar-refractivity contribution in [3.63, 3.8) is 0 Å². The number of carboxylic acid groups (broad SMARTS) is 1. The molecule has 4 heterocycles. The second-order valence-electron chi connectivity index (χ2n) is 28.3. The fraction of sp³-hybridized carbons (Fsp3) is 0.427. The molecule has 0 radical (unpaired) electrons. The van der Waals surface area contributed by atoms with Crippen molar-refractivity contribution < 1.29 is 72.2 Å². The van der Waals surface area contributed by atoms with Gasteiger partial charge in [0.25, 0.3) is 11.8 Å². The Bertz CT molecular complexity index is 4670. The second-order valence-corrected chi connectivity index (χ2v) is 32.0. The molecule has 3 fully saturated rings. The number of nitrogens with one attached hydrogen (secondary N) is 20. The minimum atomic E-state index is -2.03. The molecule has 42 heteroatoms. The van der Waals surface area contributed by atoms with E-state index in [2.05, 4.69) is 89.7 Å². The summed E-state index contributed by atoms with van der Waals surface area (Å²) >= 11 is 0.580. The van der Waals surface area contributed by atoms with Crippen molar-refractivity contribution in [2.24, 2.45) is 28.9 Å². The Morgan fingerprint density at radius 2 is 0.889 bits per heavy atom. The molecule has 29 N–H and O–H groups in total. The highest BCUT2D eigenvalue weighted by atomic mass is 33.1. The Balaban J connectivity index is 1.17. The topological polar surface area (TPSA) is 647 Å². The lowest BCUT2D eigenvalue weighted by Gasteiger charge is -2.29. The quantitative estimate of drug-likeness (QED) is 0.0150. The number of para-hydroxylation sites is 2. The molecule has 626 valence electrons. The minimum Gasteiger partial charge on any atom is -0.481 e. The van der Waals surface area contributed by atoms with E-state index < -0.39 is 196 Å². The Morgan fingerprint density at radius 1 is 0.453 bits per heavy atom. The van der Waals surface area contributed by atoms with E-state index in [1.54, 1.807) is 85.2 Å². The number of thioether (sulfide) groups is 1. The SMILES string of the molecule is N=C(N)NCCC[C@@H]1NC(=O)NC(=O)[C@@H]2CSSC[C@H](NC(=O)[C@H](Cc3c[nH]c4ccccc34)NC(=O)[C@H](CC(=O)O)NC1=O)C(=O)N[C@@H](CCCNC(=N)N)C(=O)N[C@@H](Cc1c[nH]c3ccccc13)C(=O)N[C@@H](C1CCCC1)C(=O)N[C@H](C(N)=O)SCC(=O)N[C@@H](Cc1ccc3ccccc3c1)C(=O)N[C@@H](CCCNC(=N)N)C(=O)N2. The third kappa shape index (κ3) is 26.9. The van der Waals surface area contributed by atoms with Gasteiger partial charge in [0.15, 0.2) is 23.3 Å². The van der Waals surface area contributed by atoms with Gasteiger partial charge in [-0.05, 0) is 96.9 Å². The summed E-state index contributed by atoms with van der Waals surface area (Å²) in [4.78, 5) is 212. The molecular weight excluding hydrogens is 1570 g/mol. The summed E-state index contributed by atoms with van der Waals surface area (Å²) in [5.41, 5.74) is 25.5. The number of hydrogen-bond acceptors (Lipinski definition) is 20. The van der Waals surface area contributed by atoms with Crippen LogP contribution in [0.4, 0.5) is 4.79 Å². The number of H-pyrrole nitrogens is 2. The number of imide groups is 1. The summed E-state index contributed by atoms with van der Waals surface area (Å²) in [6.07, 6.45) is 2.38. The highest BCUT2D eigenvalue weighted by Gasteiger charge is 2.40. The molecule has 2 bridgehead atoms. The minimum absolute atomic E-state index is 0.00690. The number of nitrogens with two attached hydrogens (primary N) is 4. The van der Waals surface area contributed by atoms with Gasteiger partial charge in [-0.1, -0.05) is 113 Å². The number of guanidine groups is 3. The van der Waals surface area contributed by atoms with E-state index in [4.69, 9.17) is 39.2 Å². The van der Waals surface area contributed by atoms with Gasteiger partial charge in [0.2, 0.25) is 59.1 Å². The average molecular weight is 1670 g/mol. The zero-order chi connectivity index (χ0) is 84.2. The number of carbonyl (C=O) groups is 14. The average Bonchev–Trinajstić information content (AvgIpc) is 1.78. The highest BCUT2D eigenvalue weighted by molar-refractivity contribution is 8.76. The van der Waals surface area contributed by atoms with Crippen LogP contribution in [-0.4, -0.2) is 219 Å². The van der Waals surface area contributed by atoms with Crippen molar-refractivity contribution >= 4 is 167 Å². The number of aromatic nitrogens is 2. The molecule has 9 rings (SSSR count). The lowest BCUT2D eigenvalue weighted by Crippen LogP contribution is -2.61. The number of fused-ring (bicyclic) bond motifs is 8. The summed E-state index contributed by atoms with van der Waals surface area (Å²) in [6, 6.07) is 8.26. The van der Waals surface area contributed by atoms with Gasteiger partial charge in [-0.25, -0.2) is 4.79 Å². The summed E-state index contributed by atoms with van der Waals surface area (Å²) in [5.74, 6) is -17.9. The maximum absolute atomic E-state index is 15.6. The van der Waals surface area contributed by atoms with Gasteiger partial charge >= 0.3 is 12.0 Å². The predicted molar refractivity (Wildman–Crippen MR) is 440 cm³/mol. The third-order valence-electron chi connectivity index (χ3n) is 19.6. The highest BCUT2D eigenvalue weighted by Crippen LogP contribution is 2.30. The van der Waals surface area contributed by atoms with Crippen LogP contribution < -0.4 is 103 Å². The van der Waals surface area contributed by atoms with Crippen LogP contribution in [0.25, 0.3) is 32.6 Å². The van der Waals surface area contributed by atoms with Gasteiger partial charge in [-0.15, -0.1) is 11.8 Å². The maximum Gasteiger partial charge on any atom is 0.322 e. The Hall–Kier alpha value is -12.3. The molecule has 11 atom stereocenters. The van der Waals surface area contributed by atoms with E-state index in [1.807, 2.05) is 18.2 Å². The van der Waals surface area contributed by atoms with Gasteiger partial charge in [0.1, 0.15) is 60.4 Å². The first-order valence-corrected chi connectivity index (χ1v) is 41.4. The lowest BCUT2D eigenvalue weighted by atomic mass is 9.96. The number of hydrogen-bond donors (Lipinski definition) is 25. The second kappa shape index (κ2) is 43.4. The molecular formula is C75H98N24O15S3. The van der Waals surface area contributed by atoms with Crippen LogP contribution in [0, 0.1) is 22.1 Å². The first kappa shape index (κ1) is 88.6. The molecule has 14 amide bonds. The van der Waals surface area contributed by atoms with Crippen LogP contribution in [0.2, 0.25) is 0 Å². The molecule has 4 aromatic carbocycles. The van der Waals surface area contributed by atoms with E-state index in [0.29, 0.717) is 75.9 Å². The van der Waals surface area contributed by atoms with Crippen LogP contribution >= 0.6 is 33.3 Å². The monoisotopic (exact) mass is 1670 g/mol. The molecule has 6 aromatic rings. The molecule has 3 aliphatic rings. The summed E-state index contributed by atoms with van der Waals surface area (Å²) in [5, 5.41) is 73.6. The summed E-state index contributed by atoms with van der Waals surface area (Å²) in [6.45, 7) is -0.159. The largest absolute Gasteiger partial charge is 0.481 e. The molecule has 39 nitrogen and oxygen atoms in total. The fourth-order valence-corrected chi connectivity index (χ4v) is 16.8. The van der Waals surface area contributed by atoms with Crippen molar-refractivity contribution in [3.05, 3.63) is 120 Å². The van der Waals surface area contributed by atoms with Crippen molar-refractivity contribution in [1.29, 1.82) is 16.2 Å². The van der Waals surface area contributed by atoms with E-state index in [0.717, 1.165) is 32.4 Å². The number of primary amides is 1. The summed E-state index contributed by atoms with van der Waals surface area (Å²) in [7, 11) is 1.61. The van der Waals surface area contributed by atoms with Gasteiger partial charge in [-0.3, -0.25) is 83.9 Å². The predicted octanol–water partition coefficient (Wildman–Crippen LogP) is -2.09. The molecule has 0 unspecified atom stereocenters. The number of amides is 14. The number of aliphatic carboxylic acids is 1. The Labute approximate surface area is 682 Å². The van der Waals surface area contributed by atoms with Crippen LogP contribution in [0.3, 0.4) is 0 Å². The third-order valence-corrected chi connectivity index (χ3v) is 23.2. The number of rotatable bonds is 22. The maximum atomic E-state index is 15.6. The van der Waals surface area contributed by atoms with E-state index in [-0.39, 0.29) is 77.4 Å². The molecule has 1 saturated carbocycles. The normalized spacial score (nSPS) is 23.4. The molecule has 2 aromatic heterocycles. The van der Waals surface area contributed by atoms with E-state index >= 15 is 28.8 Å². The van der Waals surface area contributed by atoms with Crippen molar-refractivity contribution in [3.8, 4) is 0 Å².